The van der Waals surface area contributed by atoms with Crippen LogP contribution in [0.1, 0.15) is 25.3 Å². The highest BCUT2D eigenvalue weighted by molar-refractivity contribution is 5.86. The lowest BCUT2D eigenvalue weighted by Crippen LogP contribution is -2.34. The van der Waals surface area contributed by atoms with E-state index in [9.17, 15) is 4.79 Å². The number of hydrogen-bond donors (Lipinski definition) is 1. The molecule has 5 nitrogen and oxygen atoms in total. The quantitative estimate of drug-likeness (QED) is 0.858. The molecule has 0 aliphatic carbocycles. The maximum absolute atomic E-state index is 11.1. The highest BCUT2D eigenvalue weighted by atomic mass is 16.5. The molecule has 0 radical (unpaired) electrons. The van der Waals surface area contributed by atoms with E-state index in [1.54, 1.807) is 6.92 Å². The minimum Gasteiger partial charge on any atom is -0.449 e. The number of carbonyl (C=O) groups is 1. The molecule has 1 amide bonds. The van der Waals surface area contributed by atoms with Gasteiger partial charge >= 0.3 is 6.09 Å². The van der Waals surface area contributed by atoms with Crippen LogP contribution in [0, 0.1) is 0 Å². The van der Waals surface area contributed by atoms with Gasteiger partial charge in [-0.25, -0.2) is 10.2 Å². The molecule has 1 heterocycles. The van der Waals surface area contributed by atoms with Gasteiger partial charge in [0.2, 0.25) is 0 Å². The van der Waals surface area contributed by atoms with Crippen molar-refractivity contribution in [2.45, 2.75) is 26.3 Å². The maximum Gasteiger partial charge on any atom is 0.427 e. The van der Waals surface area contributed by atoms with Gasteiger partial charge < -0.3 is 4.74 Å². The van der Waals surface area contributed by atoms with Gasteiger partial charge in [-0.3, -0.25) is 4.90 Å². The standard InChI is InChI=1S/C15H21N3O2/c1-2-20-15(19)17-16-14-8-10-18(11-9-14)12-13-6-4-3-5-7-13/h3-7H,2,8-12H2,1H3,(H,17,19). The third kappa shape index (κ3) is 4.66. The van der Waals surface area contributed by atoms with E-state index in [0.717, 1.165) is 38.2 Å². The first-order valence-corrected chi connectivity index (χ1v) is 7.02. The monoisotopic (exact) mass is 275 g/mol. The molecule has 0 saturated carbocycles. The molecular weight excluding hydrogens is 254 g/mol. The maximum atomic E-state index is 11.1. The van der Waals surface area contributed by atoms with E-state index in [4.69, 9.17) is 4.74 Å². The normalized spacial score (nSPS) is 15.8. The van der Waals surface area contributed by atoms with Gasteiger partial charge in [0, 0.05) is 38.2 Å². The predicted molar refractivity (Wildman–Crippen MR) is 78.5 cm³/mol. The van der Waals surface area contributed by atoms with Crippen LogP contribution in [0.2, 0.25) is 0 Å². The number of hydrazone groups is 1. The average molecular weight is 275 g/mol. The fourth-order valence-corrected chi connectivity index (χ4v) is 2.21. The minimum atomic E-state index is -0.480. The summed E-state index contributed by atoms with van der Waals surface area (Å²) in [7, 11) is 0. The van der Waals surface area contributed by atoms with Crippen molar-refractivity contribution in [3.05, 3.63) is 35.9 Å². The number of carbonyl (C=O) groups excluding carboxylic acids is 1. The predicted octanol–water partition coefficient (Wildman–Crippen LogP) is 2.38. The van der Waals surface area contributed by atoms with Crippen molar-refractivity contribution in [2.75, 3.05) is 19.7 Å². The fourth-order valence-electron chi connectivity index (χ4n) is 2.21. The molecule has 0 atom stereocenters. The van der Waals surface area contributed by atoms with Crippen LogP contribution in [-0.2, 0) is 11.3 Å². The molecule has 1 aliphatic rings. The summed E-state index contributed by atoms with van der Waals surface area (Å²) < 4.78 is 4.77. The van der Waals surface area contributed by atoms with E-state index in [1.165, 1.54) is 5.56 Å². The van der Waals surface area contributed by atoms with E-state index in [-0.39, 0.29) is 0 Å². The van der Waals surface area contributed by atoms with Crippen molar-refractivity contribution in [1.82, 2.24) is 10.3 Å². The Balaban J connectivity index is 1.75. The Bertz CT molecular complexity index is 449. The van der Waals surface area contributed by atoms with Crippen molar-refractivity contribution < 1.29 is 9.53 Å². The molecule has 1 aromatic carbocycles. The molecule has 1 saturated heterocycles. The number of ether oxygens (including phenoxy) is 1. The van der Waals surface area contributed by atoms with E-state index in [2.05, 4.69) is 39.7 Å². The number of nitrogens with one attached hydrogen (secondary N) is 1. The smallest absolute Gasteiger partial charge is 0.427 e. The first kappa shape index (κ1) is 14.5. The van der Waals surface area contributed by atoms with E-state index < -0.39 is 6.09 Å². The van der Waals surface area contributed by atoms with E-state index in [1.807, 2.05) is 6.07 Å². The summed E-state index contributed by atoms with van der Waals surface area (Å²) >= 11 is 0. The van der Waals surface area contributed by atoms with Crippen LogP contribution in [0.4, 0.5) is 4.79 Å². The van der Waals surface area contributed by atoms with Gasteiger partial charge in [0.15, 0.2) is 0 Å². The SMILES string of the molecule is CCOC(=O)NN=C1CCN(Cc2ccccc2)CC1. The molecule has 0 spiro atoms. The van der Waals surface area contributed by atoms with Gasteiger partial charge in [-0.15, -0.1) is 0 Å². The molecule has 1 fully saturated rings. The summed E-state index contributed by atoms with van der Waals surface area (Å²) in [4.78, 5) is 13.5. The molecule has 0 aromatic heterocycles. The number of hydrogen-bond acceptors (Lipinski definition) is 4. The van der Waals surface area contributed by atoms with Gasteiger partial charge in [-0.05, 0) is 12.5 Å². The zero-order chi connectivity index (χ0) is 14.2. The van der Waals surface area contributed by atoms with Crippen LogP contribution in [-0.4, -0.2) is 36.4 Å². The fraction of sp³-hybridized carbons (Fsp3) is 0.467. The lowest BCUT2D eigenvalue weighted by atomic mass is 10.1. The van der Waals surface area contributed by atoms with Crippen LogP contribution in [0.5, 0.6) is 0 Å². The Labute approximate surface area is 119 Å². The van der Waals surface area contributed by atoms with Gasteiger partial charge in [-0.2, -0.15) is 5.10 Å². The Morgan fingerprint density at radius 1 is 1.30 bits per heavy atom. The van der Waals surface area contributed by atoms with E-state index >= 15 is 0 Å². The lowest BCUT2D eigenvalue weighted by Gasteiger charge is -2.27. The zero-order valence-electron chi connectivity index (χ0n) is 11.8. The molecule has 0 unspecified atom stereocenters. The largest absolute Gasteiger partial charge is 0.449 e. The van der Waals surface area contributed by atoms with Crippen molar-refractivity contribution in [3.8, 4) is 0 Å². The third-order valence-corrected chi connectivity index (χ3v) is 3.26. The number of rotatable bonds is 4. The van der Waals surface area contributed by atoms with Crippen LogP contribution < -0.4 is 5.43 Å². The second-order valence-electron chi connectivity index (χ2n) is 4.77. The molecule has 2 rings (SSSR count). The molecule has 1 aliphatic heterocycles. The third-order valence-electron chi connectivity index (χ3n) is 3.26. The summed E-state index contributed by atoms with van der Waals surface area (Å²) in [5.74, 6) is 0. The Morgan fingerprint density at radius 2 is 2.00 bits per heavy atom. The summed E-state index contributed by atoms with van der Waals surface area (Å²) in [6.45, 7) is 5.05. The van der Waals surface area contributed by atoms with Gasteiger partial charge in [0.1, 0.15) is 0 Å². The van der Waals surface area contributed by atoms with Gasteiger partial charge in [0.25, 0.3) is 0 Å². The molecule has 0 bridgehead atoms. The molecule has 20 heavy (non-hydrogen) atoms. The Morgan fingerprint density at radius 3 is 2.65 bits per heavy atom. The second kappa shape index (κ2) is 7.65. The zero-order valence-corrected chi connectivity index (χ0v) is 11.8. The van der Waals surface area contributed by atoms with Crippen molar-refractivity contribution in [3.63, 3.8) is 0 Å². The first-order chi connectivity index (χ1) is 9.78. The van der Waals surface area contributed by atoms with Crippen LogP contribution in [0.25, 0.3) is 0 Å². The molecular formula is C15H21N3O2. The molecule has 1 aromatic rings. The summed E-state index contributed by atoms with van der Waals surface area (Å²) in [5.41, 5.74) is 4.79. The summed E-state index contributed by atoms with van der Waals surface area (Å²) in [5, 5.41) is 4.11. The second-order valence-corrected chi connectivity index (χ2v) is 4.77. The number of amides is 1. The number of benzene rings is 1. The van der Waals surface area contributed by atoms with E-state index in [0.29, 0.717) is 6.61 Å². The van der Waals surface area contributed by atoms with Crippen molar-refractivity contribution >= 4 is 11.8 Å². The minimum absolute atomic E-state index is 0.363. The van der Waals surface area contributed by atoms with Gasteiger partial charge in [0.05, 0.1) is 6.61 Å². The Kier molecular flexibility index (Phi) is 5.55. The number of piperidine rings is 1. The molecule has 108 valence electrons. The summed E-state index contributed by atoms with van der Waals surface area (Å²) in [6.07, 6.45) is 1.30. The number of nitrogens with zero attached hydrogens (tertiary/aromatic N) is 2. The van der Waals surface area contributed by atoms with Crippen LogP contribution in [0.3, 0.4) is 0 Å². The average Bonchev–Trinajstić information content (AvgIpc) is 2.48. The van der Waals surface area contributed by atoms with Crippen molar-refractivity contribution in [2.24, 2.45) is 5.10 Å². The van der Waals surface area contributed by atoms with Crippen LogP contribution >= 0.6 is 0 Å². The lowest BCUT2D eigenvalue weighted by molar-refractivity contribution is 0.152. The summed E-state index contributed by atoms with van der Waals surface area (Å²) in [6, 6.07) is 10.5. The highest BCUT2D eigenvalue weighted by Crippen LogP contribution is 2.11. The molecule has 1 N–H and O–H groups in total. The highest BCUT2D eigenvalue weighted by Gasteiger charge is 2.15. The van der Waals surface area contributed by atoms with Crippen LogP contribution in [0.15, 0.2) is 35.4 Å². The molecule has 5 heteroatoms. The van der Waals surface area contributed by atoms with Crippen molar-refractivity contribution in [1.29, 1.82) is 0 Å². The van der Waals surface area contributed by atoms with Gasteiger partial charge in [-0.1, -0.05) is 30.3 Å². The first-order valence-electron chi connectivity index (χ1n) is 7.02. The Hall–Kier alpha value is -1.88. The topological polar surface area (TPSA) is 53.9 Å². The number of likely N-dealkylation sites (tertiary alicyclic amines) is 1.